The van der Waals surface area contributed by atoms with Crippen LogP contribution in [0.1, 0.15) is 58.3 Å². The Kier molecular flexibility index (Phi) is 6.15. The largest absolute Gasteiger partial charge is 0.387 e. The monoisotopic (exact) mass is 359 g/mol. The van der Waals surface area contributed by atoms with E-state index in [0.29, 0.717) is 32.2 Å². The Morgan fingerprint density at radius 3 is 2.33 bits per heavy atom. The van der Waals surface area contributed by atoms with Gasteiger partial charge in [-0.1, -0.05) is 26.2 Å². The van der Waals surface area contributed by atoms with Crippen molar-refractivity contribution in [2.45, 2.75) is 75.5 Å². The van der Waals surface area contributed by atoms with E-state index in [1.807, 2.05) is 6.92 Å². The molecule has 0 aromatic rings. The van der Waals surface area contributed by atoms with E-state index in [2.05, 4.69) is 10.6 Å². The van der Waals surface area contributed by atoms with Crippen LogP contribution in [0.2, 0.25) is 0 Å². The van der Waals surface area contributed by atoms with E-state index in [9.17, 15) is 14.7 Å². The van der Waals surface area contributed by atoms with Crippen LogP contribution in [-0.4, -0.2) is 58.6 Å². The Bertz CT molecular complexity index is 474. The Morgan fingerprint density at radius 2 is 1.75 bits per heavy atom. The number of carbonyl (C=O) groups is 2. The number of piperidine rings is 1. The van der Waals surface area contributed by atoms with Gasteiger partial charge in [-0.15, -0.1) is 12.4 Å². The highest BCUT2D eigenvalue weighted by Crippen LogP contribution is 2.37. The standard InChI is InChI=1S/C17H29N3O3.ClH/c1-2-12-20-14(21)13(17(23)6-4-3-5-7-17)19-15(22)16(20)8-10-18-11-9-16;/h13,18,23H,2-12H2,1H3,(H,19,22);1H. The van der Waals surface area contributed by atoms with Gasteiger partial charge in [-0.05, 0) is 45.2 Å². The van der Waals surface area contributed by atoms with Crippen molar-refractivity contribution in [1.29, 1.82) is 0 Å². The molecule has 2 heterocycles. The minimum Gasteiger partial charge on any atom is -0.387 e. The lowest BCUT2D eigenvalue weighted by Crippen LogP contribution is -2.76. The van der Waals surface area contributed by atoms with Gasteiger partial charge in [-0.3, -0.25) is 9.59 Å². The summed E-state index contributed by atoms with van der Waals surface area (Å²) in [7, 11) is 0. The minimum atomic E-state index is -1.08. The zero-order valence-electron chi connectivity index (χ0n) is 14.5. The molecule has 6 nitrogen and oxygen atoms in total. The second kappa shape index (κ2) is 7.58. The second-order valence-corrected chi connectivity index (χ2v) is 7.34. The summed E-state index contributed by atoms with van der Waals surface area (Å²) in [5, 5.41) is 17.2. The highest BCUT2D eigenvalue weighted by molar-refractivity contribution is 6.00. The first kappa shape index (κ1) is 19.5. The first-order chi connectivity index (χ1) is 11.0. The van der Waals surface area contributed by atoms with Crippen LogP contribution >= 0.6 is 12.4 Å². The summed E-state index contributed by atoms with van der Waals surface area (Å²) < 4.78 is 0. The average Bonchev–Trinajstić information content (AvgIpc) is 2.57. The van der Waals surface area contributed by atoms with Crippen LogP contribution < -0.4 is 10.6 Å². The van der Waals surface area contributed by atoms with Crippen molar-refractivity contribution in [3.63, 3.8) is 0 Å². The molecule has 7 heteroatoms. The zero-order chi connectivity index (χ0) is 16.5. The maximum Gasteiger partial charge on any atom is 0.249 e. The zero-order valence-corrected chi connectivity index (χ0v) is 15.3. The van der Waals surface area contributed by atoms with E-state index in [1.54, 1.807) is 4.90 Å². The van der Waals surface area contributed by atoms with Crippen LogP contribution in [0, 0.1) is 0 Å². The predicted octanol–water partition coefficient (Wildman–Crippen LogP) is 0.963. The van der Waals surface area contributed by atoms with Crippen molar-refractivity contribution < 1.29 is 14.7 Å². The molecule has 1 saturated carbocycles. The molecule has 138 valence electrons. The lowest BCUT2D eigenvalue weighted by atomic mass is 9.75. The van der Waals surface area contributed by atoms with Gasteiger partial charge >= 0.3 is 0 Å². The van der Waals surface area contributed by atoms with Crippen molar-refractivity contribution in [2.24, 2.45) is 0 Å². The smallest absolute Gasteiger partial charge is 0.249 e. The quantitative estimate of drug-likeness (QED) is 0.701. The van der Waals surface area contributed by atoms with Gasteiger partial charge in [0, 0.05) is 6.54 Å². The first-order valence-electron chi connectivity index (χ1n) is 9.09. The van der Waals surface area contributed by atoms with Crippen molar-refractivity contribution in [3.8, 4) is 0 Å². The molecular formula is C17H30ClN3O3. The molecule has 3 rings (SSSR count). The fourth-order valence-electron chi connectivity index (χ4n) is 4.52. The highest BCUT2D eigenvalue weighted by atomic mass is 35.5. The number of nitrogens with zero attached hydrogens (tertiary/aromatic N) is 1. The molecule has 0 bridgehead atoms. The molecule has 2 saturated heterocycles. The van der Waals surface area contributed by atoms with Gasteiger partial charge in [-0.25, -0.2) is 0 Å². The van der Waals surface area contributed by atoms with Crippen LogP contribution in [-0.2, 0) is 9.59 Å². The fraction of sp³-hybridized carbons (Fsp3) is 0.882. The molecular weight excluding hydrogens is 330 g/mol. The van der Waals surface area contributed by atoms with Crippen molar-refractivity contribution in [1.82, 2.24) is 15.5 Å². The molecule has 3 aliphatic rings. The third kappa shape index (κ3) is 3.16. The molecule has 0 radical (unpaired) electrons. The Labute approximate surface area is 150 Å². The van der Waals surface area contributed by atoms with E-state index >= 15 is 0 Å². The van der Waals surface area contributed by atoms with Gasteiger partial charge in [0.15, 0.2) is 0 Å². The van der Waals surface area contributed by atoms with Crippen LogP contribution in [0.3, 0.4) is 0 Å². The van der Waals surface area contributed by atoms with Gasteiger partial charge < -0.3 is 20.6 Å². The number of rotatable bonds is 3. The molecule has 1 unspecified atom stereocenters. The maximum atomic E-state index is 13.2. The molecule has 1 atom stereocenters. The number of aliphatic hydroxyl groups is 1. The van der Waals surface area contributed by atoms with E-state index in [0.717, 1.165) is 38.8 Å². The van der Waals surface area contributed by atoms with E-state index < -0.39 is 17.2 Å². The number of hydrogen-bond acceptors (Lipinski definition) is 4. The van der Waals surface area contributed by atoms with Gasteiger partial charge in [0.1, 0.15) is 11.6 Å². The summed E-state index contributed by atoms with van der Waals surface area (Å²) in [5.74, 6) is -0.159. The van der Waals surface area contributed by atoms with Crippen molar-refractivity contribution in [3.05, 3.63) is 0 Å². The van der Waals surface area contributed by atoms with E-state index in [1.165, 1.54) is 0 Å². The Balaban J connectivity index is 0.00000208. The van der Waals surface area contributed by atoms with Crippen molar-refractivity contribution >= 4 is 24.2 Å². The average molecular weight is 360 g/mol. The van der Waals surface area contributed by atoms with Crippen LogP contribution in [0.15, 0.2) is 0 Å². The third-order valence-corrected chi connectivity index (χ3v) is 5.86. The molecule has 2 amide bonds. The number of piperazine rings is 1. The van der Waals surface area contributed by atoms with Gasteiger partial charge in [0.2, 0.25) is 11.8 Å². The van der Waals surface area contributed by atoms with Crippen molar-refractivity contribution in [2.75, 3.05) is 19.6 Å². The van der Waals surface area contributed by atoms with E-state index in [4.69, 9.17) is 0 Å². The minimum absolute atomic E-state index is 0. The highest BCUT2D eigenvalue weighted by Gasteiger charge is 2.57. The Morgan fingerprint density at radius 1 is 1.12 bits per heavy atom. The molecule has 24 heavy (non-hydrogen) atoms. The first-order valence-corrected chi connectivity index (χ1v) is 9.09. The van der Waals surface area contributed by atoms with Crippen LogP contribution in [0.25, 0.3) is 0 Å². The van der Waals surface area contributed by atoms with Crippen LogP contribution in [0.5, 0.6) is 0 Å². The SMILES string of the molecule is CCCN1C(=O)C(C2(O)CCCCC2)NC(=O)C12CCNCC2.Cl. The summed E-state index contributed by atoms with van der Waals surface area (Å²) in [5.41, 5.74) is -1.80. The summed E-state index contributed by atoms with van der Waals surface area (Å²) in [6.07, 6.45) is 6.23. The lowest BCUT2D eigenvalue weighted by molar-refractivity contribution is -0.169. The number of carbonyl (C=O) groups excluding carboxylic acids is 2. The normalized spacial score (nSPS) is 29.1. The third-order valence-electron chi connectivity index (χ3n) is 5.86. The van der Waals surface area contributed by atoms with Crippen LogP contribution in [0.4, 0.5) is 0 Å². The van der Waals surface area contributed by atoms with Gasteiger partial charge in [-0.2, -0.15) is 0 Å². The molecule has 2 aliphatic heterocycles. The van der Waals surface area contributed by atoms with E-state index in [-0.39, 0.29) is 24.2 Å². The predicted molar refractivity (Wildman–Crippen MR) is 94.1 cm³/mol. The molecule has 0 aromatic carbocycles. The number of nitrogens with one attached hydrogen (secondary N) is 2. The summed E-state index contributed by atoms with van der Waals surface area (Å²) in [6.45, 7) is 4.10. The maximum absolute atomic E-state index is 13.2. The summed E-state index contributed by atoms with van der Waals surface area (Å²) in [4.78, 5) is 27.9. The molecule has 3 N–H and O–H groups in total. The number of halogens is 1. The second-order valence-electron chi connectivity index (χ2n) is 7.34. The molecule has 1 spiro atoms. The summed E-state index contributed by atoms with van der Waals surface area (Å²) in [6, 6.07) is -0.776. The number of amides is 2. The molecule has 1 aliphatic carbocycles. The molecule has 0 aromatic heterocycles. The fourth-order valence-corrected chi connectivity index (χ4v) is 4.52. The number of hydrogen-bond donors (Lipinski definition) is 3. The molecule has 3 fully saturated rings. The van der Waals surface area contributed by atoms with Gasteiger partial charge in [0.25, 0.3) is 0 Å². The van der Waals surface area contributed by atoms with Gasteiger partial charge in [0.05, 0.1) is 5.60 Å². The topological polar surface area (TPSA) is 81.7 Å². The summed E-state index contributed by atoms with van der Waals surface area (Å²) >= 11 is 0. The Hall–Kier alpha value is -0.850. The lowest BCUT2D eigenvalue weighted by Gasteiger charge is -2.53.